The van der Waals surface area contributed by atoms with Gasteiger partial charge in [-0.3, -0.25) is 4.98 Å². The van der Waals surface area contributed by atoms with Gasteiger partial charge in [0.05, 0.1) is 5.52 Å². The van der Waals surface area contributed by atoms with Crippen LogP contribution in [0, 0.1) is 0 Å². The lowest BCUT2D eigenvalue weighted by molar-refractivity contribution is 0.457. The fourth-order valence-electron chi connectivity index (χ4n) is 12.2. The molecular weight excluding hydrogens is 735 g/mol. The summed E-state index contributed by atoms with van der Waals surface area (Å²) in [5.41, 5.74) is 21.1. The van der Waals surface area contributed by atoms with Gasteiger partial charge in [-0.15, -0.1) is 0 Å². The summed E-state index contributed by atoms with van der Waals surface area (Å²) >= 11 is 0. The van der Waals surface area contributed by atoms with Crippen molar-refractivity contribution in [2.75, 3.05) is 0 Å². The third-order valence-corrected chi connectivity index (χ3v) is 14.9. The normalized spacial score (nSPS) is 17.9. The van der Waals surface area contributed by atoms with E-state index >= 15 is 0 Å². The Bertz CT molecular complexity index is 3380. The minimum atomic E-state index is -0.0923. The first-order valence-electron chi connectivity index (χ1n) is 21.9. The van der Waals surface area contributed by atoms with E-state index in [1.165, 1.54) is 105 Å². The van der Waals surface area contributed by atoms with Crippen molar-refractivity contribution in [1.82, 2.24) is 4.98 Å². The lowest BCUT2D eigenvalue weighted by Crippen LogP contribution is -2.27. The van der Waals surface area contributed by atoms with Gasteiger partial charge in [0.1, 0.15) is 0 Å². The Hall–Kier alpha value is -7.09. The van der Waals surface area contributed by atoms with Crippen LogP contribution in [0.25, 0.3) is 65.8 Å². The van der Waals surface area contributed by atoms with E-state index in [1.807, 2.05) is 0 Å². The average molecular weight is 778 g/mol. The van der Waals surface area contributed by atoms with Gasteiger partial charge in [-0.2, -0.15) is 0 Å². The maximum Gasteiger partial charge on any atom is 0.0708 e. The molecule has 0 saturated heterocycles. The highest BCUT2D eigenvalue weighted by atomic mass is 14.7. The number of rotatable bonds is 2. The van der Waals surface area contributed by atoms with Crippen LogP contribution in [0.2, 0.25) is 0 Å². The number of aromatic nitrogens is 1. The summed E-state index contributed by atoms with van der Waals surface area (Å²) in [5.74, 6) is 0. The van der Waals surface area contributed by atoms with Gasteiger partial charge < -0.3 is 0 Å². The highest BCUT2D eigenvalue weighted by molar-refractivity contribution is 6.25. The molecule has 0 bridgehead atoms. The predicted molar refractivity (Wildman–Crippen MR) is 255 cm³/mol. The molecule has 1 heteroatoms. The third kappa shape index (κ3) is 4.98. The van der Waals surface area contributed by atoms with Crippen molar-refractivity contribution in [2.24, 2.45) is 0 Å². The highest BCUT2D eigenvalue weighted by Gasteiger charge is 2.47. The van der Waals surface area contributed by atoms with Crippen LogP contribution >= 0.6 is 0 Å². The summed E-state index contributed by atoms with van der Waals surface area (Å²) in [7, 11) is 0. The van der Waals surface area contributed by atoms with E-state index in [0.717, 1.165) is 43.2 Å². The summed E-state index contributed by atoms with van der Waals surface area (Å²) < 4.78 is 0. The van der Waals surface area contributed by atoms with Gasteiger partial charge in [0.25, 0.3) is 0 Å². The number of pyridine rings is 1. The molecule has 2 spiro atoms. The number of para-hydroxylation sites is 1. The van der Waals surface area contributed by atoms with Crippen LogP contribution in [0.3, 0.4) is 0 Å². The summed E-state index contributed by atoms with van der Waals surface area (Å²) in [4.78, 5) is 5.21. The quantitative estimate of drug-likeness (QED) is 0.126. The molecule has 0 aliphatic heterocycles. The Labute approximate surface area is 357 Å². The smallest absolute Gasteiger partial charge is 0.0708 e. The molecule has 8 aromatic carbocycles. The van der Waals surface area contributed by atoms with Crippen molar-refractivity contribution in [3.63, 3.8) is 0 Å². The van der Waals surface area contributed by atoms with Gasteiger partial charge in [-0.1, -0.05) is 176 Å². The fraction of sp³-hybridized carbons (Fsp3) is 0.117. The molecule has 1 nitrogen and oxygen atoms in total. The van der Waals surface area contributed by atoms with E-state index < -0.39 is 0 Å². The van der Waals surface area contributed by atoms with Crippen LogP contribution in [-0.2, 0) is 36.5 Å². The van der Waals surface area contributed by atoms with Gasteiger partial charge >= 0.3 is 0 Å². The number of hydrogen-bond donors (Lipinski definition) is 0. The Morgan fingerprint density at radius 3 is 1.77 bits per heavy atom. The molecule has 288 valence electrons. The zero-order valence-corrected chi connectivity index (χ0v) is 34.1. The first kappa shape index (κ1) is 34.7. The van der Waals surface area contributed by atoms with E-state index in [4.69, 9.17) is 11.6 Å². The first-order chi connectivity index (χ1) is 30.1. The molecule has 0 saturated carbocycles. The topological polar surface area (TPSA) is 12.9 Å². The van der Waals surface area contributed by atoms with Crippen LogP contribution in [-0.4, -0.2) is 4.98 Å². The van der Waals surface area contributed by atoms with Gasteiger partial charge in [0.2, 0.25) is 0 Å². The van der Waals surface area contributed by atoms with E-state index in [2.05, 4.69) is 188 Å². The van der Waals surface area contributed by atoms with E-state index in [-0.39, 0.29) is 10.8 Å². The predicted octanol–water partition coefficient (Wildman–Crippen LogP) is 14.4. The lowest BCUT2D eigenvalue weighted by atomic mass is 9.72. The fourth-order valence-corrected chi connectivity index (χ4v) is 12.2. The van der Waals surface area contributed by atoms with Crippen molar-refractivity contribution in [2.45, 2.75) is 42.9 Å². The maximum absolute atomic E-state index is 5.21. The molecule has 0 N–H and O–H groups in total. The average Bonchev–Trinajstić information content (AvgIpc) is 3.99. The Kier molecular flexibility index (Phi) is 7.38. The Balaban J connectivity index is 1.07. The molecule has 0 unspecified atom stereocenters. The van der Waals surface area contributed by atoms with Crippen LogP contribution in [0.5, 0.6) is 0 Å². The standard InChI is InChI=1S/C60H43N/c1-38-26-27-39(30-31-59(52-23-11-8-18-45(38)52)33-41-14-2-3-15-42(41)34-59)57-49-21-7-6-20-48(49)56(51-37-61-55-25-13-10-22-50(55)58(51)57)40-28-29-47-46-19-9-12-24-53(46)60(54(47)32-40)35-43-16-4-5-17-44(43)36-60/h2-30,32,37H,1,31,33-36H2/b27-26-,39-30+. The monoisotopic (exact) mass is 777 g/mol. The summed E-state index contributed by atoms with van der Waals surface area (Å²) in [5, 5.41) is 6.13. The van der Waals surface area contributed by atoms with Crippen LogP contribution in [0.4, 0.5) is 0 Å². The minimum absolute atomic E-state index is 0.0759. The van der Waals surface area contributed by atoms with Crippen molar-refractivity contribution < 1.29 is 0 Å². The largest absolute Gasteiger partial charge is 0.256 e. The van der Waals surface area contributed by atoms with Crippen LogP contribution in [0.15, 0.2) is 195 Å². The molecular formula is C60H43N. The molecule has 0 fully saturated rings. The minimum Gasteiger partial charge on any atom is -0.256 e. The molecule has 0 amide bonds. The first-order valence-corrected chi connectivity index (χ1v) is 21.9. The lowest BCUT2D eigenvalue weighted by Gasteiger charge is -2.31. The van der Waals surface area contributed by atoms with Gasteiger partial charge in [0.15, 0.2) is 0 Å². The van der Waals surface area contributed by atoms with E-state index in [1.54, 1.807) is 0 Å². The number of nitrogens with zero attached hydrogens (tertiary/aromatic N) is 1. The van der Waals surface area contributed by atoms with Crippen molar-refractivity contribution >= 4 is 43.6 Å². The summed E-state index contributed by atoms with van der Waals surface area (Å²) in [6.07, 6.45) is 14.3. The summed E-state index contributed by atoms with van der Waals surface area (Å²) in [6, 6.07) is 61.6. The molecule has 9 aromatic rings. The molecule has 1 aromatic heterocycles. The molecule has 4 aliphatic carbocycles. The second-order valence-corrected chi connectivity index (χ2v) is 18.0. The molecule has 61 heavy (non-hydrogen) atoms. The third-order valence-electron chi connectivity index (χ3n) is 14.9. The van der Waals surface area contributed by atoms with Crippen LogP contribution in [0.1, 0.15) is 56.5 Å². The molecule has 0 radical (unpaired) electrons. The number of benzene rings is 8. The zero-order chi connectivity index (χ0) is 40.3. The van der Waals surface area contributed by atoms with Gasteiger partial charge in [-0.25, -0.2) is 0 Å². The van der Waals surface area contributed by atoms with Crippen molar-refractivity contribution in [3.8, 4) is 22.3 Å². The Morgan fingerprint density at radius 2 is 1.03 bits per heavy atom. The number of allylic oxidation sites excluding steroid dienone is 5. The van der Waals surface area contributed by atoms with Crippen molar-refractivity contribution in [1.29, 1.82) is 0 Å². The number of fused-ring (bicyclic) bond motifs is 13. The highest BCUT2D eigenvalue weighted by Crippen LogP contribution is 2.57. The maximum atomic E-state index is 5.21. The van der Waals surface area contributed by atoms with Gasteiger partial charge in [-0.05, 0) is 138 Å². The second-order valence-electron chi connectivity index (χ2n) is 18.0. The van der Waals surface area contributed by atoms with E-state index in [9.17, 15) is 0 Å². The SMILES string of the molecule is C=C1/C=C\C(c2c3ccccc3c(-c3ccc4c(c3)C3(Cc5ccccc5C3)c3ccccc3-4)c3cnc4ccccc4c23)=C/CC2(Cc3ccccc3C2)c2ccccc21. The molecule has 4 aliphatic rings. The van der Waals surface area contributed by atoms with Crippen molar-refractivity contribution in [3.05, 3.63) is 245 Å². The van der Waals surface area contributed by atoms with E-state index in [0.29, 0.717) is 0 Å². The summed E-state index contributed by atoms with van der Waals surface area (Å²) in [6.45, 7) is 4.72. The van der Waals surface area contributed by atoms with Gasteiger partial charge in [0, 0.05) is 33.2 Å². The second kappa shape index (κ2) is 13.0. The molecule has 13 rings (SSSR count). The van der Waals surface area contributed by atoms with Crippen LogP contribution < -0.4 is 0 Å². The Morgan fingerprint density at radius 1 is 0.459 bits per heavy atom. The zero-order valence-electron chi connectivity index (χ0n) is 34.1. The number of hydrogen-bond acceptors (Lipinski definition) is 1. The molecule has 0 atom stereocenters. The molecule has 1 heterocycles.